The number of halogens is 2. The maximum atomic E-state index is 14.7. The molecule has 3 aromatic heterocycles. The van der Waals surface area contributed by atoms with Crippen molar-refractivity contribution in [2.75, 3.05) is 9.80 Å². The molecular formula is C60H46F2N2O3. The van der Waals surface area contributed by atoms with Gasteiger partial charge in [0.2, 0.25) is 0 Å². The quantitative estimate of drug-likeness (QED) is 0.166. The van der Waals surface area contributed by atoms with Crippen LogP contribution in [-0.4, -0.2) is 0 Å². The summed E-state index contributed by atoms with van der Waals surface area (Å²) in [4.78, 5) is 4.25. The zero-order chi connectivity index (χ0) is 45.9. The molecule has 0 aliphatic carbocycles. The van der Waals surface area contributed by atoms with Crippen molar-refractivity contribution in [3.05, 3.63) is 193 Å². The Morgan fingerprint density at radius 3 is 1.33 bits per heavy atom. The van der Waals surface area contributed by atoms with Gasteiger partial charge in [0.15, 0.2) is 11.2 Å². The maximum absolute atomic E-state index is 14.7. The van der Waals surface area contributed by atoms with Crippen molar-refractivity contribution in [3.8, 4) is 0 Å². The Kier molecular flexibility index (Phi) is 8.97. The van der Waals surface area contributed by atoms with E-state index in [1.54, 1.807) is 24.3 Å². The van der Waals surface area contributed by atoms with Crippen molar-refractivity contribution >= 4 is 111 Å². The summed E-state index contributed by atoms with van der Waals surface area (Å²) in [5.74, 6) is -0.647. The minimum absolute atomic E-state index is 0.145. The molecule has 0 radical (unpaired) electrons. The van der Waals surface area contributed by atoms with Gasteiger partial charge < -0.3 is 23.1 Å². The third-order valence-electron chi connectivity index (χ3n) is 13.2. The van der Waals surface area contributed by atoms with Crippen molar-refractivity contribution < 1.29 is 22.0 Å². The highest BCUT2D eigenvalue weighted by Gasteiger charge is 2.28. The highest BCUT2D eigenvalue weighted by atomic mass is 19.1. The van der Waals surface area contributed by atoms with E-state index in [-0.39, 0.29) is 22.5 Å². The summed E-state index contributed by atoms with van der Waals surface area (Å²) in [7, 11) is 0. The van der Waals surface area contributed by atoms with Gasteiger partial charge in [0.25, 0.3) is 0 Å². The fraction of sp³-hybridized carbons (Fsp3) is 0.133. The van der Waals surface area contributed by atoms with Gasteiger partial charge >= 0.3 is 0 Å². The number of furan rings is 3. The standard InChI is InChI=1S/C60H46F2N2O3/c1-59(2,3)47-19-9-15-42-44-17-11-21-49(57(44)66-55(42)47)63(37-27-23-35(61)24-28-37)39-31-32-46-52(33-39)65-53-34-51(40-13-7-8-14-41(40)54(46)53)64(38-29-25-36(62)26-30-38)50-22-12-18-45-43-16-10-20-48(60(4,5)6)56(43)67-58(45)50/h7-34H,1-6H3. The van der Waals surface area contributed by atoms with Gasteiger partial charge in [0, 0.05) is 72.3 Å². The highest BCUT2D eigenvalue weighted by molar-refractivity contribution is 6.23. The molecule has 12 aromatic rings. The van der Waals surface area contributed by atoms with Crippen molar-refractivity contribution in [2.45, 2.75) is 52.4 Å². The number of hydrogen-bond acceptors (Lipinski definition) is 5. The lowest BCUT2D eigenvalue weighted by Crippen LogP contribution is -2.11. The number of rotatable bonds is 6. The van der Waals surface area contributed by atoms with Crippen LogP contribution in [0, 0.1) is 11.6 Å². The second-order valence-electron chi connectivity index (χ2n) is 19.6. The minimum atomic E-state index is -0.324. The van der Waals surface area contributed by atoms with E-state index in [1.165, 1.54) is 24.3 Å². The second-order valence-corrected chi connectivity index (χ2v) is 19.6. The monoisotopic (exact) mass is 880 g/mol. The van der Waals surface area contributed by atoms with Gasteiger partial charge in [-0.2, -0.15) is 0 Å². The lowest BCUT2D eigenvalue weighted by atomic mass is 9.86. The third kappa shape index (κ3) is 6.47. The Morgan fingerprint density at radius 2 is 0.791 bits per heavy atom. The van der Waals surface area contributed by atoms with E-state index in [1.807, 2.05) is 24.3 Å². The first kappa shape index (κ1) is 40.6. The number of nitrogens with zero attached hydrogens (tertiary/aromatic N) is 2. The molecule has 0 unspecified atom stereocenters. The van der Waals surface area contributed by atoms with E-state index in [2.05, 4.69) is 148 Å². The smallest absolute Gasteiger partial charge is 0.159 e. The molecule has 67 heavy (non-hydrogen) atoms. The van der Waals surface area contributed by atoms with Crippen molar-refractivity contribution in [1.82, 2.24) is 0 Å². The molecule has 0 saturated heterocycles. The molecule has 0 atom stereocenters. The van der Waals surface area contributed by atoms with Crippen LogP contribution >= 0.6 is 0 Å². The van der Waals surface area contributed by atoms with Crippen LogP contribution < -0.4 is 9.80 Å². The summed E-state index contributed by atoms with van der Waals surface area (Å²) < 4.78 is 50.1. The van der Waals surface area contributed by atoms with Crippen LogP contribution in [-0.2, 0) is 10.8 Å². The molecule has 0 fully saturated rings. The van der Waals surface area contributed by atoms with Gasteiger partial charge in [-0.25, -0.2) is 8.78 Å². The van der Waals surface area contributed by atoms with Crippen LogP contribution in [0.4, 0.5) is 42.9 Å². The van der Waals surface area contributed by atoms with Gasteiger partial charge in [-0.3, -0.25) is 0 Å². The van der Waals surface area contributed by atoms with Crippen LogP contribution in [0.1, 0.15) is 52.7 Å². The molecule has 0 N–H and O–H groups in total. The first-order valence-electron chi connectivity index (χ1n) is 22.7. The van der Waals surface area contributed by atoms with E-state index < -0.39 is 0 Å². The Bertz CT molecular complexity index is 3920. The molecule has 12 rings (SSSR count). The van der Waals surface area contributed by atoms with Crippen LogP contribution in [0.2, 0.25) is 0 Å². The summed E-state index contributed by atoms with van der Waals surface area (Å²) >= 11 is 0. The molecule has 5 nitrogen and oxygen atoms in total. The van der Waals surface area contributed by atoms with Gasteiger partial charge in [0.05, 0.1) is 22.7 Å². The lowest BCUT2D eigenvalue weighted by molar-refractivity contribution is 0.572. The van der Waals surface area contributed by atoms with Gasteiger partial charge in [-0.1, -0.05) is 126 Å². The van der Waals surface area contributed by atoms with E-state index in [0.717, 1.165) is 111 Å². The zero-order valence-electron chi connectivity index (χ0n) is 38.0. The molecule has 3 heterocycles. The zero-order valence-corrected chi connectivity index (χ0v) is 38.0. The molecular weight excluding hydrogens is 835 g/mol. The Labute approximate surface area is 386 Å². The number of benzene rings is 9. The molecule has 0 aliphatic rings. The summed E-state index contributed by atoms with van der Waals surface area (Å²) in [6.07, 6.45) is 0. The molecule has 0 aliphatic heterocycles. The van der Waals surface area contributed by atoms with Gasteiger partial charge in [-0.05, 0) is 89.0 Å². The number of hydrogen-bond donors (Lipinski definition) is 0. The molecule has 328 valence electrons. The van der Waals surface area contributed by atoms with Crippen molar-refractivity contribution in [2.24, 2.45) is 0 Å². The first-order valence-corrected chi connectivity index (χ1v) is 22.7. The predicted octanol–water partition coefficient (Wildman–Crippen LogP) is 18.4. The minimum Gasteiger partial charge on any atom is -0.456 e. The maximum Gasteiger partial charge on any atom is 0.159 e. The van der Waals surface area contributed by atoms with E-state index in [0.29, 0.717) is 11.2 Å². The molecule has 0 saturated carbocycles. The van der Waals surface area contributed by atoms with Gasteiger partial charge in [0.1, 0.15) is 34.0 Å². The molecule has 0 spiro atoms. The Balaban J connectivity index is 1.08. The Hall–Kier alpha value is -7.90. The fourth-order valence-corrected chi connectivity index (χ4v) is 10.1. The van der Waals surface area contributed by atoms with E-state index in [9.17, 15) is 8.78 Å². The van der Waals surface area contributed by atoms with Crippen LogP contribution in [0.3, 0.4) is 0 Å². The molecule has 7 heteroatoms. The van der Waals surface area contributed by atoms with Crippen LogP contribution in [0.5, 0.6) is 0 Å². The summed E-state index contributed by atoms with van der Waals surface area (Å²) in [5.41, 5.74) is 11.3. The third-order valence-corrected chi connectivity index (χ3v) is 13.2. The summed E-state index contributed by atoms with van der Waals surface area (Å²) in [6, 6.07) is 54.9. The summed E-state index contributed by atoms with van der Waals surface area (Å²) in [5, 5.41) is 7.96. The molecule has 0 amide bonds. The normalized spacial score (nSPS) is 12.5. The van der Waals surface area contributed by atoms with Crippen LogP contribution in [0.25, 0.3) is 76.6 Å². The molecule has 9 aromatic carbocycles. The lowest BCUT2D eigenvalue weighted by Gasteiger charge is -2.27. The predicted molar refractivity (Wildman–Crippen MR) is 272 cm³/mol. The topological polar surface area (TPSA) is 45.9 Å². The second kappa shape index (κ2) is 14.8. The van der Waals surface area contributed by atoms with Crippen molar-refractivity contribution in [3.63, 3.8) is 0 Å². The number of anilines is 6. The fourth-order valence-electron chi connectivity index (χ4n) is 10.1. The van der Waals surface area contributed by atoms with Gasteiger partial charge in [-0.15, -0.1) is 0 Å². The Morgan fingerprint density at radius 1 is 0.343 bits per heavy atom. The number of para-hydroxylation sites is 4. The van der Waals surface area contributed by atoms with Crippen molar-refractivity contribution in [1.29, 1.82) is 0 Å². The average Bonchev–Trinajstić information content (AvgIpc) is 4.01. The van der Waals surface area contributed by atoms with E-state index >= 15 is 0 Å². The largest absolute Gasteiger partial charge is 0.456 e. The average molecular weight is 881 g/mol. The first-order chi connectivity index (χ1) is 32.3. The van der Waals surface area contributed by atoms with Crippen LogP contribution in [0.15, 0.2) is 183 Å². The number of fused-ring (bicyclic) bond motifs is 11. The SMILES string of the molecule is CC(C)(C)c1cccc2c1oc1c(N(c3ccc(F)cc3)c3ccc4c(c3)oc3cc(N(c5ccc(F)cc5)c5cccc6c5oc5c(C(C)(C)C)cccc56)c5ccccc5c34)cccc12. The highest BCUT2D eigenvalue weighted by Crippen LogP contribution is 2.50. The molecule has 0 bridgehead atoms. The summed E-state index contributed by atoms with van der Waals surface area (Å²) in [6.45, 7) is 13.2. The van der Waals surface area contributed by atoms with E-state index in [4.69, 9.17) is 13.3 Å².